The SMILES string of the molecule is Cc1c(C)c(C)c2c(oc3c(C)c(C)c(C)c(C)c32)c1C.Cc1c(C)c(C)c2c(oc3c(C)c(C)c(C)c(C)c32)c1C.Cc1c(C)c(C)c2c(oc3c(C)c(C)c(C)c(C)c32)c1C.Cc1c(C)c(C)c2c(oc3c(C)c(C)c(C)c(C)c32)c1C. The second-order valence-corrected chi connectivity index (χ2v) is 26.0. The van der Waals surface area contributed by atoms with Crippen molar-refractivity contribution >= 4 is 87.8 Å². The van der Waals surface area contributed by atoms with Crippen LogP contribution in [0.5, 0.6) is 0 Å². The molecule has 0 atom stereocenters. The maximum absolute atomic E-state index is 6.35. The summed E-state index contributed by atoms with van der Waals surface area (Å²) in [5, 5.41) is 10.5. The third-order valence-electron chi connectivity index (χ3n) is 22.9. The van der Waals surface area contributed by atoms with Crippen molar-refractivity contribution in [3.63, 3.8) is 0 Å². The third kappa shape index (κ3) is 8.71. The highest BCUT2D eigenvalue weighted by Gasteiger charge is 2.26. The molecule has 4 nitrogen and oxygen atoms in total. The minimum atomic E-state index is 1.07. The number of furan rings is 4. The highest BCUT2D eigenvalue weighted by molar-refractivity contribution is 6.15. The Kier molecular flexibility index (Phi) is 15.7. The molecule has 440 valence electrons. The van der Waals surface area contributed by atoms with Crippen molar-refractivity contribution in [2.45, 2.75) is 222 Å². The molecule has 0 radical (unpaired) electrons. The van der Waals surface area contributed by atoms with E-state index in [2.05, 4.69) is 222 Å². The lowest BCUT2D eigenvalue weighted by Gasteiger charge is -2.12. The van der Waals surface area contributed by atoms with Gasteiger partial charge in [-0.2, -0.15) is 0 Å². The minimum absolute atomic E-state index is 1.07. The summed E-state index contributed by atoms with van der Waals surface area (Å²) >= 11 is 0. The van der Waals surface area contributed by atoms with E-state index in [0.29, 0.717) is 0 Å². The molecule has 0 aliphatic heterocycles. The van der Waals surface area contributed by atoms with E-state index in [1.165, 1.54) is 221 Å². The van der Waals surface area contributed by atoms with Gasteiger partial charge < -0.3 is 17.7 Å². The second kappa shape index (κ2) is 21.5. The molecule has 12 aromatic rings. The van der Waals surface area contributed by atoms with Crippen LogP contribution in [-0.2, 0) is 0 Å². The monoisotopic (exact) mass is 1120 g/mol. The summed E-state index contributed by atoms with van der Waals surface area (Å²) in [7, 11) is 0. The summed E-state index contributed by atoms with van der Waals surface area (Å²) < 4.78 is 25.4. The molecular weight excluding hydrogens is 1020 g/mol. The maximum Gasteiger partial charge on any atom is 0.138 e. The number of hydrogen-bond donors (Lipinski definition) is 0. The van der Waals surface area contributed by atoms with Gasteiger partial charge in [0.05, 0.1) is 0 Å². The van der Waals surface area contributed by atoms with Crippen LogP contribution >= 0.6 is 0 Å². The molecule has 8 aromatic carbocycles. The Hall–Kier alpha value is -7.04. The molecule has 0 unspecified atom stereocenters. The minimum Gasteiger partial charge on any atom is -0.455 e. The Morgan fingerprint density at radius 1 is 0.0952 bits per heavy atom. The molecular formula is C80H96O4. The van der Waals surface area contributed by atoms with Crippen molar-refractivity contribution in [3.05, 3.63) is 178 Å². The molecule has 0 fully saturated rings. The second-order valence-electron chi connectivity index (χ2n) is 26.0. The van der Waals surface area contributed by atoms with E-state index in [9.17, 15) is 0 Å². The van der Waals surface area contributed by atoms with Crippen molar-refractivity contribution in [1.29, 1.82) is 0 Å². The van der Waals surface area contributed by atoms with Gasteiger partial charge in [-0.25, -0.2) is 0 Å². The van der Waals surface area contributed by atoms with Gasteiger partial charge in [0.15, 0.2) is 0 Å². The number of hydrogen-bond acceptors (Lipinski definition) is 4. The van der Waals surface area contributed by atoms with Gasteiger partial charge in [0.25, 0.3) is 0 Å². The van der Waals surface area contributed by atoms with Crippen molar-refractivity contribution < 1.29 is 17.7 Å². The van der Waals surface area contributed by atoms with E-state index in [-0.39, 0.29) is 0 Å². The van der Waals surface area contributed by atoms with Crippen LogP contribution in [0.2, 0.25) is 0 Å². The zero-order valence-electron chi connectivity index (χ0n) is 57.6. The molecule has 0 aliphatic carbocycles. The van der Waals surface area contributed by atoms with Gasteiger partial charge in [-0.3, -0.25) is 0 Å². The van der Waals surface area contributed by atoms with Gasteiger partial charge in [0.2, 0.25) is 0 Å². The summed E-state index contributed by atoms with van der Waals surface area (Å²) in [6.07, 6.45) is 0. The predicted octanol–water partition coefficient (Wildman–Crippen LogP) is 24.2. The normalized spacial score (nSPS) is 11.8. The number of benzene rings is 8. The Labute approximate surface area is 502 Å². The van der Waals surface area contributed by atoms with Crippen LogP contribution in [0.3, 0.4) is 0 Å². The summed E-state index contributed by atoms with van der Waals surface area (Å²) in [5.41, 5.74) is 51.5. The van der Waals surface area contributed by atoms with Crippen LogP contribution < -0.4 is 0 Å². The number of fused-ring (bicyclic) bond motifs is 12. The molecule has 0 spiro atoms. The fraction of sp³-hybridized carbons (Fsp3) is 0.400. The molecule has 0 saturated heterocycles. The first-order chi connectivity index (χ1) is 39.1. The summed E-state index contributed by atoms with van der Waals surface area (Å²) in [4.78, 5) is 0. The lowest BCUT2D eigenvalue weighted by molar-refractivity contribution is 0.660. The average Bonchev–Trinajstić information content (AvgIpc) is 1.92. The van der Waals surface area contributed by atoms with Crippen LogP contribution in [0.15, 0.2) is 17.7 Å². The molecule has 0 N–H and O–H groups in total. The smallest absolute Gasteiger partial charge is 0.138 e. The van der Waals surface area contributed by atoms with Gasteiger partial charge in [0.1, 0.15) is 44.7 Å². The molecule has 84 heavy (non-hydrogen) atoms. The first-order valence-electron chi connectivity index (χ1n) is 30.6. The quantitative estimate of drug-likeness (QED) is 0.152. The van der Waals surface area contributed by atoms with Crippen LogP contribution in [0.4, 0.5) is 0 Å². The maximum atomic E-state index is 6.35. The Balaban J connectivity index is 0.000000134. The Bertz CT molecular complexity index is 3950. The lowest BCUT2D eigenvalue weighted by atomic mass is 9.90. The highest BCUT2D eigenvalue weighted by atomic mass is 16.3. The third-order valence-corrected chi connectivity index (χ3v) is 22.9. The summed E-state index contributed by atoms with van der Waals surface area (Å²) in [5.74, 6) is 0. The van der Waals surface area contributed by atoms with Crippen LogP contribution in [0.25, 0.3) is 87.8 Å². The first kappa shape index (κ1) is 61.5. The molecule has 0 aliphatic rings. The fourth-order valence-corrected chi connectivity index (χ4v) is 14.1. The molecule has 4 heteroatoms. The van der Waals surface area contributed by atoms with Gasteiger partial charge in [-0.05, 0) is 400 Å². The topological polar surface area (TPSA) is 52.6 Å². The largest absolute Gasteiger partial charge is 0.455 e. The average molecular weight is 1120 g/mol. The zero-order chi connectivity index (χ0) is 62.5. The van der Waals surface area contributed by atoms with Gasteiger partial charge in [-0.1, -0.05) is 0 Å². The van der Waals surface area contributed by atoms with Crippen molar-refractivity contribution in [1.82, 2.24) is 0 Å². The van der Waals surface area contributed by atoms with Gasteiger partial charge >= 0.3 is 0 Å². The van der Waals surface area contributed by atoms with E-state index >= 15 is 0 Å². The Morgan fingerprint density at radius 3 is 0.250 bits per heavy atom. The van der Waals surface area contributed by atoms with Crippen molar-refractivity contribution in [2.24, 2.45) is 0 Å². The van der Waals surface area contributed by atoms with E-state index in [1.54, 1.807) is 0 Å². The van der Waals surface area contributed by atoms with E-state index in [4.69, 9.17) is 17.7 Å². The first-order valence-corrected chi connectivity index (χ1v) is 30.6. The highest BCUT2D eigenvalue weighted by Crippen LogP contribution is 2.46. The van der Waals surface area contributed by atoms with Crippen molar-refractivity contribution in [2.75, 3.05) is 0 Å². The molecule has 4 heterocycles. The summed E-state index contributed by atoms with van der Waals surface area (Å²) in [6.45, 7) is 70.6. The van der Waals surface area contributed by atoms with E-state index in [1.807, 2.05) is 0 Å². The summed E-state index contributed by atoms with van der Waals surface area (Å²) in [6, 6.07) is 0. The molecule has 0 amide bonds. The van der Waals surface area contributed by atoms with Crippen LogP contribution in [0.1, 0.15) is 178 Å². The van der Waals surface area contributed by atoms with Gasteiger partial charge in [-0.15, -0.1) is 0 Å². The predicted molar refractivity (Wildman–Crippen MR) is 366 cm³/mol. The van der Waals surface area contributed by atoms with E-state index in [0.717, 1.165) is 44.7 Å². The number of rotatable bonds is 0. The molecule has 12 rings (SSSR count). The standard InChI is InChI=1S/4C20H24O/c4*1-9-11(3)15(7)19-17(13(9)5)18-14(6)10(2)12(4)16(8)20(18)21-19/h4*1-8H3. The van der Waals surface area contributed by atoms with Crippen molar-refractivity contribution in [3.8, 4) is 0 Å². The van der Waals surface area contributed by atoms with Crippen LogP contribution in [-0.4, -0.2) is 0 Å². The molecule has 0 bridgehead atoms. The Morgan fingerprint density at radius 2 is 0.167 bits per heavy atom. The van der Waals surface area contributed by atoms with Crippen LogP contribution in [0, 0.1) is 222 Å². The number of aryl methyl sites for hydroxylation is 16. The van der Waals surface area contributed by atoms with Gasteiger partial charge in [0, 0.05) is 43.1 Å². The molecule has 4 aromatic heterocycles. The molecule has 0 saturated carbocycles. The lowest BCUT2D eigenvalue weighted by Crippen LogP contribution is -1.94. The fourth-order valence-electron chi connectivity index (χ4n) is 14.1. The van der Waals surface area contributed by atoms with E-state index < -0.39 is 0 Å². The zero-order valence-corrected chi connectivity index (χ0v) is 57.6.